The van der Waals surface area contributed by atoms with Gasteiger partial charge in [-0.25, -0.2) is 8.78 Å². The highest BCUT2D eigenvalue weighted by Gasteiger charge is 2.22. The van der Waals surface area contributed by atoms with Crippen molar-refractivity contribution in [2.75, 3.05) is 0 Å². The summed E-state index contributed by atoms with van der Waals surface area (Å²) in [5.41, 5.74) is 1.01. The minimum Gasteiger partial charge on any atom is -0.450 e. The summed E-state index contributed by atoms with van der Waals surface area (Å²) in [6, 6.07) is 8.37. The van der Waals surface area contributed by atoms with Gasteiger partial charge >= 0.3 is 0 Å². The summed E-state index contributed by atoms with van der Waals surface area (Å²) < 4.78 is 33.7. The lowest BCUT2D eigenvalue weighted by Gasteiger charge is -2.25. The van der Waals surface area contributed by atoms with E-state index in [1.165, 1.54) is 25.3 Å². The number of halogens is 2. The molecular formula is C17H14F2O. The molecule has 1 aromatic heterocycles. The molecule has 0 aliphatic heterocycles. The highest BCUT2D eigenvalue weighted by atomic mass is 19.1. The highest BCUT2D eigenvalue weighted by Crippen LogP contribution is 2.35. The summed E-state index contributed by atoms with van der Waals surface area (Å²) in [7, 11) is 0. The molecule has 0 N–H and O–H groups in total. The third-order valence-corrected chi connectivity index (χ3v) is 4.37. The first-order chi connectivity index (χ1) is 9.74. The molecule has 20 heavy (non-hydrogen) atoms. The Kier molecular flexibility index (Phi) is 2.56. The average Bonchev–Trinajstić information content (AvgIpc) is 2.77. The van der Waals surface area contributed by atoms with Gasteiger partial charge in [0, 0.05) is 10.8 Å². The molecule has 0 unspecified atom stereocenters. The largest absolute Gasteiger partial charge is 0.450 e. The maximum atomic E-state index is 14.5. The van der Waals surface area contributed by atoms with Gasteiger partial charge < -0.3 is 4.42 Å². The molecule has 4 rings (SSSR count). The fourth-order valence-electron chi connectivity index (χ4n) is 3.00. The lowest BCUT2D eigenvalue weighted by Crippen LogP contribution is -2.14. The van der Waals surface area contributed by atoms with E-state index in [4.69, 9.17) is 4.42 Å². The van der Waals surface area contributed by atoms with Crippen molar-refractivity contribution in [3.05, 3.63) is 47.5 Å². The topological polar surface area (TPSA) is 13.1 Å². The standard InChI is InChI=1S/C17H14F2O/c18-14-6-2-5-12-13-8-7-11(9-10-3-1-4-10)15(19)17(13)20-16(12)14/h2,5-8,10H,1,3-4,9H2. The Balaban J connectivity index is 1.91. The summed E-state index contributed by atoms with van der Waals surface area (Å²) in [5, 5.41) is 1.28. The van der Waals surface area contributed by atoms with Gasteiger partial charge in [0.15, 0.2) is 22.8 Å². The Labute approximate surface area is 115 Å². The summed E-state index contributed by atoms with van der Waals surface area (Å²) in [6.45, 7) is 0. The predicted octanol–water partition coefficient (Wildman–Crippen LogP) is 5.21. The van der Waals surface area contributed by atoms with Gasteiger partial charge in [0.2, 0.25) is 0 Å². The zero-order chi connectivity index (χ0) is 13.7. The number of hydrogen-bond donors (Lipinski definition) is 0. The van der Waals surface area contributed by atoms with Crippen LogP contribution in [0.5, 0.6) is 0 Å². The van der Waals surface area contributed by atoms with Crippen molar-refractivity contribution >= 4 is 21.9 Å². The van der Waals surface area contributed by atoms with Gasteiger partial charge in [0.1, 0.15) is 0 Å². The van der Waals surface area contributed by atoms with Gasteiger partial charge in [-0.15, -0.1) is 0 Å². The van der Waals surface area contributed by atoms with E-state index in [-0.39, 0.29) is 17.0 Å². The quantitative estimate of drug-likeness (QED) is 0.624. The van der Waals surface area contributed by atoms with Crippen LogP contribution < -0.4 is 0 Å². The number of fused-ring (bicyclic) bond motifs is 3. The van der Waals surface area contributed by atoms with Crippen molar-refractivity contribution in [1.82, 2.24) is 0 Å². The molecule has 1 saturated carbocycles. The Morgan fingerprint density at radius 1 is 1.00 bits per heavy atom. The van der Waals surface area contributed by atoms with Crippen LogP contribution in [0.1, 0.15) is 24.8 Å². The number of hydrogen-bond acceptors (Lipinski definition) is 1. The fourth-order valence-corrected chi connectivity index (χ4v) is 3.00. The van der Waals surface area contributed by atoms with Crippen LogP contribution in [0.4, 0.5) is 8.78 Å². The smallest absolute Gasteiger partial charge is 0.171 e. The van der Waals surface area contributed by atoms with Crippen LogP contribution in [0.3, 0.4) is 0 Å². The minimum atomic E-state index is -0.446. The molecule has 2 aromatic carbocycles. The molecule has 1 aliphatic carbocycles. The maximum Gasteiger partial charge on any atom is 0.171 e. The van der Waals surface area contributed by atoms with Gasteiger partial charge in [-0.1, -0.05) is 37.5 Å². The predicted molar refractivity (Wildman–Crippen MR) is 74.7 cm³/mol. The van der Waals surface area contributed by atoms with E-state index in [9.17, 15) is 8.78 Å². The van der Waals surface area contributed by atoms with Crippen molar-refractivity contribution in [3.8, 4) is 0 Å². The molecular weight excluding hydrogens is 258 g/mol. The second kappa shape index (κ2) is 4.30. The molecule has 3 aromatic rings. The lowest BCUT2D eigenvalue weighted by atomic mass is 9.81. The molecule has 0 saturated heterocycles. The Morgan fingerprint density at radius 2 is 1.80 bits per heavy atom. The summed E-state index contributed by atoms with van der Waals surface area (Å²) in [6.07, 6.45) is 4.34. The van der Waals surface area contributed by atoms with Crippen molar-refractivity contribution in [2.45, 2.75) is 25.7 Å². The van der Waals surface area contributed by atoms with E-state index in [1.54, 1.807) is 12.1 Å². The fraction of sp³-hybridized carbons (Fsp3) is 0.294. The van der Waals surface area contributed by atoms with Crippen LogP contribution in [0.15, 0.2) is 34.7 Å². The third kappa shape index (κ3) is 1.65. The molecule has 1 fully saturated rings. The molecule has 102 valence electrons. The summed E-state index contributed by atoms with van der Waals surface area (Å²) >= 11 is 0. The minimum absolute atomic E-state index is 0.141. The second-order valence-corrected chi connectivity index (χ2v) is 5.63. The molecule has 0 atom stereocenters. The van der Waals surface area contributed by atoms with Gasteiger partial charge in [-0.05, 0) is 30.0 Å². The van der Waals surface area contributed by atoms with Crippen molar-refractivity contribution < 1.29 is 13.2 Å². The number of benzene rings is 2. The van der Waals surface area contributed by atoms with Crippen LogP contribution in [0.25, 0.3) is 21.9 Å². The van der Waals surface area contributed by atoms with Gasteiger partial charge in [0.25, 0.3) is 0 Å². The van der Waals surface area contributed by atoms with Crippen LogP contribution in [-0.4, -0.2) is 0 Å². The molecule has 0 radical (unpaired) electrons. The zero-order valence-corrected chi connectivity index (χ0v) is 11.0. The highest BCUT2D eigenvalue weighted by molar-refractivity contribution is 6.05. The van der Waals surface area contributed by atoms with Crippen LogP contribution in [-0.2, 0) is 6.42 Å². The average molecular weight is 272 g/mol. The Morgan fingerprint density at radius 3 is 2.55 bits per heavy atom. The Bertz CT molecular complexity index is 799. The van der Waals surface area contributed by atoms with E-state index in [1.807, 2.05) is 12.1 Å². The molecule has 1 nitrogen and oxygen atoms in total. The SMILES string of the molecule is Fc1cccc2c1oc1c(F)c(CC3CCC3)ccc12. The van der Waals surface area contributed by atoms with E-state index in [2.05, 4.69) is 0 Å². The summed E-state index contributed by atoms with van der Waals surface area (Å²) in [5.74, 6) is -0.188. The van der Waals surface area contributed by atoms with Crippen molar-refractivity contribution in [2.24, 2.45) is 5.92 Å². The van der Waals surface area contributed by atoms with Crippen LogP contribution in [0, 0.1) is 17.6 Å². The lowest BCUT2D eigenvalue weighted by molar-refractivity contribution is 0.311. The monoisotopic (exact) mass is 272 g/mol. The summed E-state index contributed by atoms with van der Waals surface area (Å²) in [4.78, 5) is 0. The van der Waals surface area contributed by atoms with Gasteiger partial charge in [0.05, 0.1) is 0 Å². The molecule has 1 aliphatic rings. The third-order valence-electron chi connectivity index (χ3n) is 4.37. The molecule has 1 heterocycles. The molecule has 0 bridgehead atoms. The van der Waals surface area contributed by atoms with Crippen molar-refractivity contribution in [1.29, 1.82) is 0 Å². The van der Waals surface area contributed by atoms with Crippen LogP contribution in [0.2, 0.25) is 0 Å². The Hall–Kier alpha value is -1.90. The first kappa shape index (κ1) is 11.9. The molecule has 0 amide bonds. The maximum absolute atomic E-state index is 14.5. The van der Waals surface area contributed by atoms with Gasteiger partial charge in [-0.2, -0.15) is 0 Å². The first-order valence-corrected chi connectivity index (χ1v) is 7.02. The van der Waals surface area contributed by atoms with Crippen molar-refractivity contribution in [3.63, 3.8) is 0 Å². The molecule has 3 heteroatoms. The van der Waals surface area contributed by atoms with Gasteiger partial charge in [-0.3, -0.25) is 0 Å². The van der Waals surface area contributed by atoms with E-state index < -0.39 is 5.82 Å². The molecule has 0 spiro atoms. The first-order valence-electron chi connectivity index (χ1n) is 7.02. The number of furan rings is 1. The second-order valence-electron chi connectivity index (χ2n) is 5.63. The van der Waals surface area contributed by atoms with E-state index in [0.717, 1.165) is 6.42 Å². The number of rotatable bonds is 2. The van der Waals surface area contributed by atoms with E-state index >= 15 is 0 Å². The van der Waals surface area contributed by atoms with Crippen LogP contribution >= 0.6 is 0 Å². The van der Waals surface area contributed by atoms with E-state index in [0.29, 0.717) is 22.3 Å². The number of para-hydroxylation sites is 1. The zero-order valence-electron chi connectivity index (χ0n) is 11.0. The normalized spacial score (nSPS) is 15.9.